The molecule has 2 fully saturated rings. The Kier molecular flexibility index (Phi) is 12.9. The van der Waals surface area contributed by atoms with Crippen molar-refractivity contribution < 1.29 is 109 Å². The fraction of sp³-hybridized carbons (Fsp3) is 0.962. The first-order valence-corrected chi connectivity index (χ1v) is 12.4. The minimum atomic E-state index is -0.639. The Hall–Kier alpha value is 1.44. The van der Waals surface area contributed by atoms with Gasteiger partial charge in [-0.2, -0.15) is 0 Å². The van der Waals surface area contributed by atoms with Crippen LogP contribution in [0.3, 0.4) is 0 Å². The van der Waals surface area contributed by atoms with Crippen LogP contribution in [-0.4, -0.2) is 107 Å². The average Bonchev–Trinajstić information content (AvgIpc) is 3.01. The second kappa shape index (κ2) is 16.0. The number of aliphatic hydroxyl groups is 1. The van der Waals surface area contributed by atoms with Gasteiger partial charge in [0.05, 0.1) is 25.4 Å². The summed E-state index contributed by atoms with van der Waals surface area (Å²) in [4.78, 5) is 15.7. The van der Waals surface area contributed by atoms with Gasteiger partial charge in [-0.3, -0.25) is 9.80 Å². The summed E-state index contributed by atoms with van der Waals surface area (Å²) in [6.45, 7) is 18.2. The molecule has 8 nitrogen and oxygen atoms in total. The zero-order valence-corrected chi connectivity index (χ0v) is 30.4. The minimum absolute atomic E-state index is 0. The molecule has 0 amide bonds. The molecule has 218 valence electrons. The zero-order valence-electron chi connectivity index (χ0n) is 35.7. The van der Waals surface area contributed by atoms with Gasteiger partial charge in [-0.25, -0.2) is 4.79 Å². The Morgan fingerprint density at radius 3 is 1.58 bits per heavy atom. The molecular formula is C26H62N2O6Y2. The standard InChI is InChI=1S/C14H29NO3.C12H23NO3.2Y.5H2/c1-13(2)7-12(8-14(3,4)15(13)5)18-10-11(16)9-17-6;1-11(2)6-9(16-8-10(14)15)7-12(3,4)13(11)5;;;;;;;/h11-12,16H,7-10H2,1-6H3;9H,6-8H2,1-5H3,(H,14,15);;;5*1H/i;;;;5*1+2T/hT. The largest absolute Gasteiger partial charge is 0.480 e. The SMILES string of the molecule is COCC(O)COC1CC(C)(C)N(C)C(C)(C)C1.[3H]OC(=O)COC1CC(C)(C)N(C)C(C)(C)C1.[3H][3H].[3H][3H].[3H][3H].[3H][3H].[3H][3H].[Y].[Y]. The van der Waals surface area contributed by atoms with Gasteiger partial charge in [-0.05, 0) is 95.2 Å². The van der Waals surface area contributed by atoms with E-state index in [1.54, 1.807) is 7.11 Å². The van der Waals surface area contributed by atoms with Gasteiger partial charge in [0.1, 0.15) is 12.7 Å². The van der Waals surface area contributed by atoms with Crippen LogP contribution in [0, 0.1) is 0 Å². The molecule has 2 heterocycles. The molecule has 0 aliphatic carbocycles. The van der Waals surface area contributed by atoms with Crippen molar-refractivity contribution in [3.63, 3.8) is 0 Å². The average molecular weight is 699 g/mol. The van der Waals surface area contributed by atoms with Crippen LogP contribution < -0.4 is 0 Å². The summed E-state index contributed by atoms with van der Waals surface area (Å²) in [5, 5.41) is 13.5. The zero-order chi connectivity index (χ0) is 37.2. The summed E-state index contributed by atoms with van der Waals surface area (Å²) >= 11 is 0. The van der Waals surface area contributed by atoms with E-state index in [2.05, 4.69) is 84.4 Å². The number of nitrogens with zero attached hydrogens (tertiary/aromatic N) is 2. The maximum Gasteiger partial charge on any atom is 0.329 e. The van der Waals surface area contributed by atoms with E-state index in [0.717, 1.165) is 25.7 Å². The van der Waals surface area contributed by atoms with Crippen molar-refractivity contribution in [1.82, 2.24) is 9.80 Å². The normalized spacial score (nSPS) is 25.8. The van der Waals surface area contributed by atoms with E-state index in [0.29, 0.717) is 13.2 Å². The molecule has 0 spiro atoms. The molecule has 0 saturated carbocycles. The molecule has 36 heavy (non-hydrogen) atoms. The van der Waals surface area contributed by atoms with Crippen LogP contribution in [0.2, 0.25) is 0 Å². The molecule has 0 aromatic heterocycles. The first-order valence-electron chi connectivity index (χ1n) is 17.8. The topological polar surface area (TPSA) is 91.7 Å². The number of aliphatic carboxylic acids is 1. The minimum Gasteiger partial charge on any atom is -0.480 e. The van der Waals surface area contributed by atoms with Crippen molar-refractivity contribution in [2.24, 2.45) is 0 Å². The molecule has 10 heteroatoms. The first-order chi connectivity index (χ1) is 20.9. The van der Waals surface area contributed by atoms with Gasteiger partial charge in [0.25, 0.3) is 1.43 Å². The van der Waals surface area contributed by atoms with Crippen LogP contribution in [-0.2, 0) is 84.4 Å². The van der Waals surface area contributed by atoms with Crippen molar-refractivity contribution in [3.8, 4) is 0 Å². The Balaban J connectivity index is -0.000000104. The molecule has 2 N–H and O–H groups in total. The van der Waals surface area contributed by atoms with E-state index in [1.165, 1.54) is 0 Å². The van der Waals surface area contributed by atoms with Crippen LogP contribution in [0.5, 0.6) is 0 Å². The third kappa shape index (κ3) is 12.3. The summed E-state index contributed by atoms with van der Waals surface area (Å²) in [7, 11) is 5.88. The maximum atomic E-state index is 10.9. The summed E-state index contributed by atoms with van der Waals surface area (Å²) in [6, 6.07) is 0. The van der Waals surface area contributed by atoms with Gasteiger partial charge >= 0.3 is 5.97 Å². The van der Waals surface area contributed by atoms with Crippen molar-refractivity contribution in [3.05, 3.63) is 0 Å². The van der Waals surface area contributed by atoms with Crippen LogP contribution in [0.25, 0.3) is 1.43 Å². The number of methoxy groups -OCH3 is 1. The van der Waals surface area contributed by atoms with Crippen LogP contribution in [0.1, 0.15) is 95.9 Å². The van der Waals surface area contributed by atoms with E-state index >= 15 is 0 Å². The van der Waals surface area contributed by atoms with Crippen molar-refractivity contribution in [2.75, 3.05) is 41.0 Å². The Morgan fingerprint density at radius 2 is 1.25 bits per heavy atom. The second-order valence-corrected chi connectivity index (χ2v) is 12.6. The quantitative estimate of drug-likeness (QED) is 0.380. The smallest absolute Gasteiger partial charge is 0.329 e. The van der Waals surface area contributed by atoms with Gasteiger partial charge in [-0.15, -0.1) is 0 Å². The second-order valence-electron chi connectivity index (χ2n) is 12.6. The predicted molar refractivity (Wildman–Crippen MR) is 146 cm³/mol. The fourth-order valence-corrected chi connectivity index (χ4v) is 5.47. The van der Waals surface area contributed by atoms with Gasteiger partial charge in [0, 0.05) is 110 Å². The summed E-state index contributed by atoms with van der Waals surface area (Å²) in [5.74, 6) is -0.639. The Morgan fingerprint density at radius 1 is 0.889 bits per heavy atom. The van der Waals surface area contributed by atoms with Gasteiger partial charge in [0.15, 0.2) is 0 Å². The van der Waals surface area contributed by atoms with Crippen LogP contribution in [0.4, 0.5) is 0 Å². The van der Waals surface area contributed by atoms with Gasteiger partial charge in [-0.1, -0.05) is 0 Å². The van der Waals surface area contributed by atoms with Gasteiger partial charge < -0.3 is 24.4 Å². The van der Waals surface area contributed by atoms with E-state index in [1.807, 2.05) is 0 Å². The van der Waals surface area contributed by atoms with Gasteiger partial charge in [0.2, 0.25) is 0 Å². The van der Waals surface area contributed by atoms with E-state index in [-0.39, 0.29) is 106 Å². The molecule has 2 aliphatic rings. The maximum absolute atomic E-state index is 10.9. The monoisotopic (exact) mass is 698 g/mol. The molecule has 0 aromatic carbocycles. The number of carbonyl (C=O) groups is 1. The number of hydrogen-bond acceptors (Lipinski definition) is 8. The number of rotatable bonds is 8. The molecule has 2 radical (unpaired) electrons. The van der Waals surface area contributed by atoms with Crippen molar-refractivity contribution >= 4 is 5.97 Å². The Bertz CT molecular complexity index is 676. The third-order valence-corrected chi connectivity index (χ3v) is 7.86. The number of piperidine rings is 2. The number of carboxylic acids is 1. The number of aliphatic hydroxyl groups excluding tert-OH is 1. The number of carboxylic acid groups (broad SMARTS) is 1. The Labute approximate surface area is 287 Å². The number of likely N-dealkylation sites (tertiary alicyclic amines) is 2. The molecule has 2 aliphatic heterocycles. The van der Waals surface area contributed by atoms with E-state index in [4.69, 9.17) is 30.5 Å². The molecule has 2 saturated heterocycles. The summed E-state index contributed by atoms with van der Waals surface area (Å²) in [5.41, 5.74) is 0.325. The molecule has 0 aromatic rings. The number of ether oxygens (including phenoxy) is 3. The van der Waals surface area contributed by atoms with Crippen molar-refractivity contribution in [1.29, 1.82) is 1.43 Å². The summed E-state index contributed by atoms with van der Waals surface area (Å²) in [6.07, 6.45) is 3.45. The molecule has 2 rings (SSSR count). The number of hydrogen-bond donors (Lipinski definition) is 2. The molecule has 1 atom stereocenters. The van der Waals surface area contributed by atoms with Crippen LogP contribution in [0.15, 0.2) is 0 Å². The summed E-state index contributed by atoms with van der Waals surface area (Å²) < 4.78 is 72.8. The van der Waals surface area contributed by atoms with Crippen LogP contribution >= 0.6 is 0 Å². The third-order valence-electron chi connectivity index (χ3n) is 7.86. The molecule has 1 unspecified atom stereocenters. The molecule has 0 bridgehead atoms. The van der Waals surface area contributed by atoms with E-state index in [9.17, 15) is 9.90 Å². The fourth-order valence-electron chi connectivity index (χ4n) is 5.47. The van der Waals surface area contributed by atoms with Crippen molar-refractivity contribution in [2.45, 2.75) is 122 Å². The first kappa shape index (κ1) is 28.9. The predicted octanol–water partition coefficient (Wildman–Crippen LogP) is 4.63. The molecular weight excluding hydrogens is 614 g/mol. The van der Waals surface area contributed by atoms with E-state index < -0.39 is 12.1 Å².